The molecule has 0 saturated carbocycles. The van der Waals surface area contributed by atoms with Gasteiger partial charge in [0.25, 0.3) is 0 Å². The molecule has 0 aliphatic heterocycles. The highest BCUT2D eigenvalue weighted by molar-refractivity contribution is 9.10. The first-order chi connectivity index (χ1) is 5.00. The Kier molecular flexibility index (Phi) is 4.33. The number of ether oxygens (including phenoxy) is 1. The summed E-state index contributed by atoms with van der Waals surface area (Å²) in [4.78, 5) is 21.1. The van der Waals surface area contributed by atoms with Crippen molar-refractivity contribution in [1.82, 2.24) is 0 Å². The summed E-state index contributed by atoms with van der Waals surface area (Å²) in [5, 5.41) is 0. The van der Waals surface area contributed by atoms with Crippen LogP contribution in [-0.2, 0) is 14.3 Å². The van der Waals surface area contributed by atoms with Gasteiger partial charge in [-0.2, -0.15) is 0 Å². The number of esters is 1. The Hall–Kier alpha value is -0.380. The minimum Gasteiger partial charge on any atom is -0.468 e. The van der Waals surface area contributed by atoms with E-state index in [1.54, 1.807) is 13.8 Å². The molecular weight excluding hydrogens is 212 g/mol. The second-order valence-electron chi connectivity index (χ2n) is 2.44. The zero-order chi connectivity index (χ0) is 9.02. The van der Waals surface area contributed by atoms with Crippen LogP contribution in [0.25, 0.3) is 0 Å². The SMILES string of the molecule is COC(=O)C(Br)C(=O)C(C)C. The van der Waals surface area contributed by atoms with Gasteiger partial charge in [0.15, 0.2) is 10.6 Å². The minimum absolute atomic E-state index is 0.154. The number of hydrogen-bond donors (Lipinski definition) is 0. The molecule has 0 aliphatic rings. The number of alkyl halides is 1. The van der Waals surface area contributed by atoms with Crippen LogP contribution in [0.4, 0.5) is 0 Å². The lowest BCUT2D eigenvalue weighted by molar-refractivity contribution is -0.142. The largest absolute Gasteiger partial charge is 0.468 e. The van der Waals surface area contributed by atoms with Crippen LogP contribution in [-0.4, -0.2) is 23.7 Å². The predicted octanol–water partition coefficient (Wildman–Crippen LogP) is 1.15. The van der Waals surface area contributed by atoms with Crippen LogP contribution in [0.1, 0.15) is 13.8 Å². The van der Waals surface area contributed by atoms with Crippen molar-refractivity contribution >= 4 is 27.7 Å². The van der Waals surface area contributed by atoms with E-state index in [0.29, 0.717) is 0 Å². The summed E-state index contributed by atoms with van der Waals surface area (Å²) in [6.07, 6.45) is 0. The number of Topliss-reactive ketones (excluding diaryl/α,β-unsaturated/α-hetero) is 1. The lowest BCUT2D eigenvalue weighted by atomic mass is 10.1. The number of methoxy groups -OCH3 is 1. The van der Waals surface area contributed by atoms with E-state index in [2.05, 4.69) is 20.7 Å². The van der Waals surface area contributed by atoms with E-state index >= 15 is 0 Å². The number of rotatable bonds is 3. The molecule has 0 heterocycles. The maximum atomic E-state index is 11.1. The molecule has 11 heavy (non-hydrogen) atoms. The maximum absolute atomic E-state index is 11.1. The van der Waals surface area contributed by atoms with Crippen molar-refractivity contribution in [2.45, 2.75) is 18.7 Å². The molecule has 0 N–H and O–H groups in total. The van der Waals surface area contributed by atoms with E-state index in [9.17, 15) is 9.59 Å². The Morgan fingerprint density at radius 3 is 2.09 bits per heavy atom. The summed E-state index contributed by atoms with van der Waals surface area (Å²) in [7, 11) is 1.25. The second-order valence-corrected chi connectivity index (χ2v) is 3.36. The lowest BCUT2D eigenvalue weighted by Crippen LogP contribution is -2.28. The van der Waals surface area contributed by atoms with Crippen molar-refractivity contribution in [3.8, 4) is 0 Å². The van der Waals surface area contributed by atoms with Crippen LogP contribution in [0.15, 0.2) is 0 Å². The van der Waals surface area contributed by atoms with Crippen LogP contribution < -0.4 is 0 Å². The Morgan fingerprint density at radius 2 is 1.82 bits per heavy atom. The van der Waals surface area contributed by atoms with E-state index in [0.717, 1.165) is 0 Å². The smallest absolute Gasteiger partial charge is 0.327 e. The molecule has 0 rings (SSSR count). The highest BCUT2D eigenvalue weighted by Crippen LogP contribution is 2.09. The number of halogens is 1. The molecule has 0 radical (unpaired) electrons. The van der Waals surface area contributed by atoms with Crippen molar-refractivity contribution in [2.24, 2.45) is 5.92 Å². The van der Waals surface area contributed by atoms with Gasteiger partial charge in [0, 0.05) is 5.92 Å². The van der Waals surface area contributed by atoms with Gasteiger partial charge in [0.2, 0.25) is 0 Å². The van der Waals surface area contributed by atoms with Crippen LogP contribution in [0.3, 0.4) is 0 Å². The summed E-state index contributed by atoms with van der Waals surface area (Å²) in [5.41, 5.74) is 0. The molecule has 3 nitrogen and oxygen atoms in total. The standard InChI is InChI=1S/C7H11BrO3/c1-4(2)6(9)5(8)7(10)11-3/h4-5H,1-3H3. The molecule has 0 aliphatic carbocycles. The Labute approximate surface area is 74.2 Å². The molecule has 4 heteroatoms. The summed E-state index contributed by atoms with van der Waals surface area (Å²) in [5.74, 6) is -0.848. The van der Waals surface area contributed by atoms with Crippen LogP contribution in [0.5, 0.6) is 0 Å². The molecule has 0 aromatic heterocycles. The molecule has 0 bridgehead atoms. The van der Waals surface area contributed by atoms with Crippen LogP contribution in [0, 0.1) is 5.92 Å². The third kappa shape index (κ3) is 3.01. The topological polar surface area (TPSA) is 43.4 Å². The van der Waals surface area contributed by atoms with E-state index < -0.39 is 10.8 Å². The molecule has 0 amide bonds. The summed E-state index contributed by atoms with van der Waals surface area (Å²) in [6.45, 7) is 3.47. The zero-order valence-electron chi connectivity index (χ0n) is 6.76. The van der Waals surface area contributed by atoms with E-state index in [4.69, 9.17) is 0 Å². The van der Waals surface area contributed by atoms with Gasteiger partial charge in [-0.25, -0.2) is 0 Å². The van der Waals surface area contributed by atoms with Gasteiger partial charge in [-0.1, -0.05) is 29.8 Å². The molecule has 64 valence electrons. The van der Waals surface area contributed by atoms with Crippen molar-refractivity contribution in [2.75, 3.05) is 7.11 Å². The highest BCUT2D eigenvalue weighted by Gasteiger charge is 2.25. The van der Waals surface area contributed by atoms with Gasteiger partial charge in [0.1, 0.15) is 0 Å². The third-order valence-corrected chi connectivity index (χ3v) is 2.05. The van der Waals surface area contributed by atoms with Gasteiger partial charge >= 0.3 is 5.97 Å². The fourth-order valence-corrected chi connectivity index (χ4v) is 1.23. The first-order valence-corrected chi connectivity index (χ1v) is 4.18. The predicted molar refractivity (Wildman–Crippen MR) is 44.6 cm³/mol. The van der Waals surface area contributed by atoms with E-state index in [1.165, 1.54) is 7.11 Å². The van der Waals surface area contributed by atoms with Crippen molar-refractivity contribution in [3.63, 3.8) is 0 Å². The average Bonchev–Trinajstić information content (AvgIpc) is 2.00. The van der Waals surface area contributed by atoms with Crippen LogP contribution in [0.2, 0.25) is 0 Å². The molecular formula is C7H11BrO3. The Bertz CT molecular complexity index is 165. The monoisotopic (exact) mass is 222 g/mol. The van der Waals surface area contributed by atoms with Gasteiger partial charge in [-0.05, 0) is 0 Å². The normalized spacial score (nSPS) is 12.8. The van der Waals surface area contributed by atoms with Crippen molar-refractivity contribution in [1.29, 1.82) is 0 Å². The summed E-state index contributed by atoms with van der Waals surface area (Å²) in [6, 6.07) is 0. The summed E-state index contributed by atoms with van der Waals surface area (Å²) < 4.78 is 4.38. The zero-order valence-corrected chi connectivity index (χ0v) is 8.34. The lowest BCUT2D eigenvalue weighted by Gasteiger charge is -2.08. The van der Waals surface area contributed by atoms with Crippen molar-refractivity contribution in [3.05, 3.63) is 0 Å². The average molecular weight is 223 g/mol. The first-order valence-electron chi connectivity index (χ1n) is 3.26. The molecule has 0 aromatic rings. The van der Waals surface area contributed by atoms with Gasteiger partial charge in [0.05, 0.1) is 7.11 Å². The third-order valence-electron chi connectivity index (χ3n) is 1.23. The maximum Gasteiger partial charge on any atom is 0.327 e. The van der Waals surface area contributed by atoms with Crippen LogP contribution >= 0.6 is 15.9 Å². The number of ketones is 1. The van der Waals surface area contributed by atoms with E-state index in [-0.39, 0.29) is 11.7 Å². The van der Waals surface area contributed by atoms with Gasteiger partial charge in [-0.3, -0.25) is 9.59 Å². The first kappa shape index (κ1) is 10.6. The molecule has 1 unspecified atom stereocenters. The molecule has 0 spiro atoms. The Morgan fingerprint density at radius 1 is 1.36 bits per heavy atom. The molecule has 0 saturated heterocycles. The van der Waals surface area contributed by atoms with E-state index in [1.807, 2.05) is 0 Å². The fraction of sp³-hybridized carbons (Fsp3) is 0.714. The van der Waals surface area contributed by atoms with Gasteiger partial charge in [-0.15, -0.1) is 0 Å². The van der Waals surface area contributed by atoms with Gasteiger partial charge < -0.3 is 4.74 Å². The molecule has 1 atom stereocenters. The second kappa shape index (κ2) is 4.49. The quantitative estimate of drug-likeness (QED) is 0.409. The molecule has 0 fully saturated rings. The Balaban J connectivity index is 4.13. The number of hydrogen-bond acceptors (Lipinski definition) is 3. The number of carbonyl (C=O) groups excluding carboxylic acids is 2. The number of carbonyl (C=O) groups is 2. The minimum atomic E-state index is -0.813. The summed E-state index contributed by atoms with van der Waals surface area (Å²) >= 11 is 2.95. The highest BCUT2D eigenvalue weighted by atomic mass is 79.9. The fourth-order valence-electron chi connectivity index (χ4n) is 0.512. The molecule has 0 aromatic carbocycles. The van der Waals surface area contributed by atoms with Crippen molar-refractivity contribution < 1.29 is 14.3 Å².